The van der Waals surface area contributed by atoms with E-state index in [0.29, 0.717) is 5.82 Å². The summed E-state index contributed by atoms with van der Waals surface area (Å²) in [5, 5.41) is 2.75. The summed E-state index contributed by atoms with van der Waals surface area (Å²) in [5.74, 6) is 1.34. The number of imidazole rings is 1. The van der Waals surface area contributed by atoms with Crippen LogP contribution in [0.5, 0.6) is 0 Å². The molecule has 0 saturated heterocycles. The molecule has 0 atom stereocenters. The number of carbonyl (C=O) groups excluding carboxylic acids is 1. The predicted molar refractivity (Wildman–Crippen MR) is 86.5 cm³/mol. The van der Waals surface area contributed by atoms with Crippen LogP contribution in [0.4, 0.5) is 10.6 Å². The van der Waals surface area contributed by atoms with Crippen LogP contribution in [0.1, 0.15) is 18.3 Å². The second kappa shape index (κ2) is 5.85. The highest BCUT2D eigenvalue weighted by Gasteiger charge is 2.12. The Morgan fingerprint density at radius 1 is 1.23 bits per heavy atom. The predicted octanol–water partition coefficient (Wildman–Crippen LogP) is 3.08. The Morgan fingerprint density at radius 2 is 2.05 bits per heavy atom. The van der Waals surface area contributed by atoms with Crippen LogP contribution < -0.4 is 10.7 Å². The SMILES string of the molecule is CCc1nc2ccccc2n1NC(=O)Nc1ncccc1C. The minimum Gasteiger partial charge on any atom is -0.291 e. The first-order chi connectivity index (χ1) is 10.7. The lowest BCUT2D eigenvalue weighted by Gasteiger charge is -2.12. The van der Waals surface area contributed by atoms with Gasteiger partial charge in [-0.05, 0) is 30.7 Å². The molecule has 0 spiro atoms. The van der Waals surface area contributed by atoms with Gasteiger partial charge in [0.25, 0.3) is 0 Å². The molecule has 0 unspecified atom stereocenters. The third-order valence-electron chi connectivity index (χ3n) is 3.40. The van der Waals surface area contributed by atoms with Crippen LogP contribution in [-0.2, 0) is 6.42 Å². The van der Waals surface area contributed by atoms with Crippen molar-refractivity contribution in [3.63, 3.8) is 0 Å². The lowest BCUT2D eigenvalue weighted by molar-refractivity contribution is 0.259. The molecule has 0 saturated carbocycles. The van der Waals surface area contributed by atoms with E-state index in [0.717, 1.165) is 28.8 Å². The van der Waals surface area contributed by atoms with Crippen molar-refractivity contribution in [2.45, 2.75) is 20.3 Å². The number of hydrogen-bond acceptors (Lipinski definition) is 3. The van der Waals surface area contributed by atoms with Gasteiger partial charge in [-0.15, -0.1) is 0 Å². The maximum Gasteiger partial charge on any atom is 0.339 e. The fourth-order valence-electron chi connectivity index (χ4n) is 2.29. The van der Waals surface area contributed by atoms with Gasteiger partial charge in [-0.1, -0.05) is 25.1 Å². The van der Waals surface area contributed by atoms with Crippen LogP contribution in [0.15, 0.2) is 42.6 Å². The smallest absolute Gasteiger partial charge is 0.291 e. The van der Waals surface area contributed by atoms with Crippen LogP contribution in [0, 0.1) is 6.92 Å². The maximum absolute atomic E-state index is 12.2. The zero-order valence-corrected chi connectivity index (χ0v) is 12.5. The van der Waals surface area contributed by atoms with Crippen LogP contribution in [0.3, 0.4) is 0 Å². The average molecular weight is 295 g/mol. The molecule has 0 aliphatic rings. The largest absolute Gasteiger partial charge is 0.339 e. The van der Waals surface area contributed by atoms with E-state index >= 15 is 0 Å². The van der Waals surface area contributed by atoms with Gasteiger partial charge < -0.3 is 0 Å². The summed E-state index contributed by atoms with van der Waals surface area (Å²) in [6.45, 7) is 3.90. The number of hydrogen-bond donors (Lipinski definition) is 2. The van der Waals surface area contributed by atoms with Gasteiger partial charge in [-0.3, -0.25) is 5.32 Å². The number of fused-ring (bicyclic) bond motifs is 1. The van der Waals surface area contributed by atoms with Crippen molar-refractivity contribution in [1.82, 2.24) is 14.6 Å². The van der Waals surface area contributed by atoms with Crippen molar-refractivity contribution >= 4 is 22.9 Å². The Labute approximate surface area is 128 Å². The minimum atomic E-state index is -0.348. The number of amides is 2. The summed E-state index contributed by atoms with van der Waals surface area (Å²) in [6.07, 6.45) is 2.37. The first-order valence-electron chi connectivity index (χ1n) is 7.15. The number of aromatic nitrogens is 3. The maximum atomic E-state index is 12.2. The number of nitrogens with one attached hydrogen (secondary N) is 2. The first kappa shape index (κ1) is 14.1. The molecule has 2 heterocycles. The second-order valence-corrected chi connectivity index (χ2v) is 4.94. The summed E-state index contributed by atoms with van der Waals surface area (Å²) in [7, 11) is 0. The topological polar surface area (TPSA) is 71.8 Å². The highest BCUT2D eigenvalue weighted by molar-refractivity contribution is 5.95. The quantitative estimate of drug-likeness (QED) is 0.780. The highest BCUT2D eigenvalue weighted by Crippen LogP contribution is 2.15. The number of nitrogens with zero attached hydrogens (tertiary/aromatic N) is 3. The Bertz CT molecular complexity index is 824. The summed E-state index contributed by atoms with van der Waals surface area (Å²) in [5.41, 5.74) is 5.45. The molecule has 3 rings (SSSR count). The van der Waals surface area contributed by atoms with Crippen molar-refractivity contribution in [2.24, 2.45) is 0 Å². The van der Waals surface area contributed by atoms with E-state index in [-0.39, 0.29) is 6.03 Å². The third kappa shape index (κ3) is 2.63. The second-order valence-electron chi connectivity index (χ2n) is 4.94. The van der Waals surface area contributed by atoms with Crippen LogP contribution in [0.2, 0.25) is 0 Å². The van der Waals surface area contributed by atoms with E-state index in [9.17, 15) is 4.79 Å². The Morgan fingerprint density at radius 3 is 2.82 bits per heavy atom. The monoisotopic (exact) mass is 295 g/mol. The number of para-hydroxylation sites is 2. The number of pyridine rings is 1. The number of rotatable bonds is 3. The lowest BCUT2D eigenvalue weighted by atomic mass is 10.3. The molecule has 0 fully saturated rings. The molecule has 0 aliphatic carbocycles. The molecular formula is C16H17N5O. The first-order valence-corrected chi connectivity index (χ1v) is 7.15. The van der Waals surface area contributed by atoms with Gasteiger partial charge in [0.2, 0.25) is 0 Å². The fourth-order valence-corrected chi connectivity index (χ4v) is 2.29. The molecular weight excluding hydrogens is 278 g/mol. The molecule has 1 aromatic carbocycles. The summed E-state index contributed by atoms with van der Waals surface area (Å²) in [6, 6.07) is 11.1. The van der Waals surface area contributed by atoms with Gasteiger partial charge in [-0.25, -0.2) is 24.9 Å². The minimum absolute atomic E-state index is 0.348. The highest BCUT2D eigenvalue weighted by atomic mass is 16.2. The van der Waals surface area contributed by atoms with E-state index in [2.05, 4.69) is 20.7 Å². The van der Waals surface area contributed by atoms with Gasteiger partial charge >= 0.3 is 6.03 Å². The molecule has 3 aromatic rings. The van der Waals surface area contributed by atoms with Crippen molar-refractivity contribution in [3.8, 4) is 0 Å². The van der Waals surface area contributed by atoms with Gasteiger partial charge in [0.05, 0.1) is 11.0 Å². The fraction of sp³-hybridized carbons (Fsp3) is 0.188. The van der Waals surface area contributed by atoms with Crippen LogP contribution in [0.25, 0.3) is 11.0 Å². The van der Waals surface area contributed by atoms with Gasteiger partial charge in [-0.2, -0.15) is 0 Å². The standard InChI is InChI=1S/C16H17N5O/c1-3-14-18-12-8-4-5-9-13(12)21(14)20-16(22)19-15-11(2)7-6-10-17-15/h4-10H,3H2,1-2H3,(H2,17,19,20,22). The molecule has 22 heavy (non-hydrogen) atoms. The molecule has 6 nitrogen and oxygen atoms in total. The van der Waals surface area contributed by atoms with E-state index < -0.39 is 0 Å². The van der Waals surface area contributed by atoms with Crippen molar-refractivity contribution in [2.75, 3.05) is 10.7 Å². The Balaban J connectivity index is 1.86. The molecule has 2 aromatic heterocycles. The van der Waals surface area contributed by atoms with E-state index in [1.807, 2.05) is 50.2 Å². The molecule has 0 bridgehead atoms. The summed E-state index contributed by atoms with van der Waals surface area (Å²) >= 11 is 0. The van der Waals surface area contributed by atoms with E-state index in [1.54, 1.807) is 10.9 Å². The van der Waals surface area contributed by atoms with Gasteiger partial charge in [0, 0.05) is 12.6 Å². The number of urea groups is 1. The van der Waals surface area contributed by atoms with Crippen molar-refractivity contribution in [1.29, 1.82) is 0 Å². The normalized spacial score (nSPS) is 10.6. The molecule has 6 heteroatoms. The zero-order chi connectivity index (χ0) is 15.5. The summed E-state index contributed by atoms with van der Waals surface area (Å²) in [4.78, 5) is 20.9. The van der Waals surface area contributed by atoms with Crippen LogP contribution in [-0.4, -0.2) is 20.7 Å². The number of anilines is 1. The average Bonchev–Trinajstić information content (AvgIpc) is 2.87. The van der Waals surface area contributed by atoms with Gasteiger partial charge in [0.15, 0.2) is 0 Å². The summed E-state index contributed by atoms with van der Waals surface area (Å²) < 4.78 is 1.71. The van der Waals surface area contributed by atoms with Gasteiger partial charge in [0.1, 0.15) is 11.6 Å². The number of aryl methyl sites for hydroxylation is 2. The number of benzene rings is 1. The zero-order valence-electron chi connectivity index (χ0n) is 12.5. The van der Waals surface area contributed by atoms with E-state index in [4.69, 9.17) is 0 Å². The Kier molecular flexibility index (Phi) is 3.74. The van der Waals surface area contributed by atoms with Crippen molar-refractivity contribution < 1.29 is 4.79 Å². The molecule has 112 valence electrons. The molecule has 0 radical (unpaired) electrons. The number of carbonyl (C=O) groups is 1. The van der Waals surface area contributed by atoms with Crippen LogP contribution >= 0.6 is 0 Å². The Hall–Kier alpha value is -2.89. The molecule has 0 aliphatic heterocycles. The molecule has 2 amide bonds. The third-order valence-corrected chi connectivity index (χ3v) is 3.40. The molecule has 2 N–H and O–H groups in total. The lowest BCUT2D eigenvalue weighted by Crippen LogP contribution is -2.29. The van der Waals surface area contributed by atoms with Crippen molar-refractivity contribution in [3.05, 3.63) is 54.0 Å². The van der Waals surface area contributed by atoms with E-state index in [1.165, 1.54) is 0 Å².